The fraction of sp³-hybridized carbons (Fsp3) is 0.304. The summed E-state index contributed by atoms with van der Waals surface area (Å²) in [5.41, 5.74) is 2.51. The number of nitrogens with zero attached hydrogens (tertiary/aromatic N) is 5. The van der Waals surface area contributed by atoms with Crippen LogP contribution >= 0.6 is 23.2 Å². The maximum atomic E-state index is 13.1. The second kappa shape index (κ2) is 9.13. The number of benzene rings is 2. The molecule has 0 aliphatic carbocycles. The summed E-state index contributed by atoms with van der Waals surface area (Å²) in [5, 5.41) is 9.53. The van der Waals surface area contributed by atoms with Gasteiger partial charge in [-0.15, -0.1) is 5.10 Å². The molecule has 2 amide bonds. The topological polar surface area (TPSA) is 80.6 Å². The molecule has 0 spiro atoms. The monoisotopic (exact) mass is 485 g/mol. The average molecular weight is 486 g/mol. The smallest absolute Gasteiger partial charge is 0.276 e. The number of hydrogen-bond donors (Lipinski definition) is 0. The fourth-order valence-electron chi connectivity index (χ4n) is 4.12. The van der Waals surface area contributed by atoms with Crippen LogP contribution in [0.2, 0.25) is 10.0 Å². The van der Waals surface area contributed by atoms with Crippen molar-refractivity contribution in [3.05, 3.63) is 81.1 Å². The van der Waals surface area contributed by atoms with E-state index in [-0.39, 0.29) is 24.5 Å². The van der Waals surface area contributed by atoms with E-state index in [0.29, 0.717) is 59.7 Å². The lowest BCUT2D eigenvalue weighted by atomic mass is 10.1. The maximum absolute atomic E-state index is 13.1. The van der Waals surface area contributed by atoms with Crippen LogP contribution in [-0.4, -0.2) is 62.8 Å². The Kier molecular flexibility index (Phi) is 6.05. The molecule has 33 heavy (non-hydrogen) atoms. The summed E-state index contributed by atoms with van der Waals surface area (Å²) in [7, 11) is 0. The third kappa shape index (κ3) is 4.46. The van der Waals surface area contributed by atoms with Crippen molar-refractivity contribution in [1.82, 2.24) is 24.8 Å². The first-order valence-electron chi connectivity index (χ1n) is 10.6. The molecule has 3 heterocycles. The summed E-state index contributed by atoms with van der Waals surface area (Å²) in [5.74, 6) is -0.285. The molecule has 8 nitrogen and oxygen atoms in total. The summed E-state index contributed by atoms with van der Waals surface area (Å²) in [6.45, 7) is 2.44. The molecule has 0 N–H and O–H groups in total. The second-order valence-corrected chi connectivity index (χ2v) is 8.89. The van der Waals surface area contributed by atoms with E-state index in [9.17, 15) is 9.59 Å². The first-order valence-corrected chi connectivity index (χ1v) is 11.4. The Morgan fingerprint density at radius 2 is 1.61 bits per heavy atom. The van der Waals surface area contributed by atoms with Crippen molar-refractivity contribution in [1.29, 1.82) is 0 Å². The Bertz CT molecular complexity index is 1190. The summed E-state index contributed by atoms with van der Waals surface area (Å²) < 4.78 is 7.73. The number of ether oxygens (including phenoxy) is 1. The van der Waals surface area contributed by atoms with Gasteiger partial charge in [-0.25, -0.2) is 4.68 Å². The third-order valence-electron chi connectivity index (χ3n) is 5.97. The van der Waals surface area contributed by atoms with E-state index in [1.165, 1.54) is 0 Å². The van der Waals surface area contributed by atoms with Crippen LogP contribution in [0.3, 0.4) is 0 Å². The van der Waals surface area contributed by atoms with Crippen molar-refractivity contribution >= 4 is 35.0 Å². The maximum Gasteiger partial charge on any atom is 0.276 e. The Morgan fingerprint density at radius 1 is 0.909 bits per heavy atom. The molecule has 2 aliphatic heterocycles. The second-order valence-electron chi connectivity index (χ2n) is 8.01. The molecule has 0 unspecified atom stereocenters. The third-order valence-corrected chi connectivity index (χ3v) is 6.45. The molecule has 1 atom stereocenters. The van der Waals surface area contributed by atoms with Crippen LogP contribution in [0.1, 0.15) is 38.2 Å². The SMILES string of the molecule is O=C(c1cccc(Cl)c1)N1CCN(C(=O)c2nnn3c2CO[C@@H](c2ccc(Cl)cc2)C3)CC1. The Hall–Kier alpha value is -2.94. The summed E-state index contributed by atoms with van der Waals surface area (Å²) in [4.78, 5) is 29.3. The van der Waals surface area contributed by atoms with Crippen LogP contribution in [0, 0.1) is 0 Å². The molecule has 2 aliphatic rings. The predicted molar refractivity (Wildman–Crippen MR) is 122 cm³/mol. The molecular weight excluding hydrogens is 465 g/mol. The van der Waals surface area contributed by atoms with Crippen molar-refractivity contribution in [2.24, 2.45) is 0 Å². The van der Waals surface area contributed by atoms with Gasteiger partial charge in [-0.3, -0.25) is 9.59 Å². The number of carbonyl (C=O) groups is 2. The molecular formula is C23H21Cl2N5O3. The van der Waals surface area contributed by atoms with Gasteiger partial charge in [0.15, 0.2) is 5.69 Å². The number of hydrogen-bond acceptors (Lipinski definition) is 5. The van der Waals surface area contributed by atoms with Gasteiger partial charge in [-0.2, -0.15) is 0 Å². The van der Waals surface area contributed by atoms with Gasteiger partial charge in [0, 0.05) is 41.8 Å². The van der Waals surface area contributed by atoms with E-state index in [0.717, 1.165) is 5.56 Å². The largest absolute Gasteiger partial charge is 0.365 e. The summed E-state index contributed by atoms with van der Waals surface area (Å²) in [6.07, 6.45) is -0.180. The minimum Gasteiger partial charge on any atom is -0.365 e. The van der Waals surface area contributed by atoms with Crippen molar-refractivity contribution < 1.29 is 14.3 Å². The van der Waals surface area contributed by atoms with Crippen molar-refractivity contribution in [2.75, 3.05) is 26.2 Å². The van der Waals surface area contributed by atoms with Crippen LogP contribution in [0.15, 0.2) is 48.5 Å². The van der Waals surface area contributed by atoms with E-state index in [4.69, 9.17) is 27.9 Å². The standard InChI is InChI=1S/C23H21Cl2N5O3/c24-17-6-4-15(5-7-17)20-13-30-19(14-33-20)21(26-27-30)23(32)29-10-8-28(9-11-29)22(31)16-2-1-3-18(25)12-16/h1-7,12,20H,8-11,13-14H2/t20-/m1/s1. The van der Waals surface area contributed by atoms with E-state index in [1.807, 2.05) is 24.3 Å². The van der Waals surface area contributed by atoms with Crippen LogP contribution < -0.4 is 0 Å². The summed E-state index contributed by atoms with van der Waals surface area (Å²) >= 11 is 12.0. The molecule has 1 aromatic heterocycles. The number of carbonyl (C=O) groups excluding carboxylic acids is 2. The highest BCUT2D eigenvalue weighted by Gasteiger charge is 2.32. The number of rotatable bonds is 3. The predicted octanol–water partition coefficient (Wildman–Crippen LogP) is 3.45. The molecule has 1 fully saturated rings. The lowest BCUT2D eigenvalue weighted by Gasteiger charge is -2.34. The Balaban J connectivity index is 1.23. The van der Waals surface area contributed by atoms with Crippen LogP contribution in [-0.2, 0) is 17.9 Å². The average Bonchev–Trinajstić information content (AvgIpc) is 3.27. The first kappa shape index (κ1) is 21.9. The Labute approximate surface area is 200 Å². The van der Waals surface area contributed by atoms with Crippen molar-refractivity contribution in [3.8, 4) is 0 Å². The van der Waals surface area contributed by atoms with Crippen LogP contribution in [0.5, 0.6) is 0 Å². The van der Waals surface area contributed by atoms with E-state index in [1.54, 1.807) is 38.7 Å². The zero-order valence-corrected chi connectivity index (χ0v) is 19.2. The Morgan fingerprint density at radius 3 is 2.30 bits per heavy atom. The molecule has 10 heteroatoms. The van der Waals surface area contributed by atoms with Crippen LogP contribution in [0.25, 0.3) is 0 Å². The van der Waals surface area contributed by atoms with Gasteiger partial charge < -0.3 is 14.5 Å². The van der Waals surface area contributed by atoms with Gasteiger partial charge in [-0.05, 0) is 35.9 Å². The molecule has 5 rings (SSSR count). The van der Waals surface area contributed by atoms with Gasteiger partial charge in [0.1, 0.15) is 6.10 Å². The lowest BCUT2D eigenvalue weighted by molar-refractivity contribution is -0.00202. The fourth-order valence-corrected chi connectivity index (χ4v) is 4.44. The summed E-state index contributed by atoms with van der Waals surface area (Å²) in [6, 6.07) is 14.4. The lowest BCUT2D eigenvalue weighted by Crippen LogP contribution is -2.50. The zero-order chi connectivity index (χ0) is 22.9. The van der Waals surface area contributed by atoms with Gasteiger partial charge in [0.05, 0.1) is 18.8 Å². The number of aromatic nitrogens is 3. The number of amides is 2. The molecule has 1 saturated heterocycles. The normalized spacial score (nSPS) is 18.2. The molecule has 0 saturated carbocycles. The first-order chi connectivity index (χ1) is 16.0. The van der Waals surface area contributed by atoms with Crippen molar-refractivity contribution in [2.45, 2.75) is 19.3 Å². The zero-order valence-electron chi connectivity index (χ0n) is 17.7. The van der Waals surface area contributed by atoms with E-state index in [2.05, 4.69) is 10.3 Å². The highest BCUT2D eigenvalue weighted by molar-refractivity contribution is 6.31. The molecule has 0 radical (unpaired) electrons. The van der Waals surface area contributed by atoms with Gasteiger partial charge in [0.25, 0.3) is 11.8 Å². The van der Waals surface area contributed by atoms with Crippen molar-refractivity contribution in [3.63, 3.8) is 0 Å². The van der Waals surface area contributed by atoms with E-state index >= 15 is 0 Å². The molecule has 2 aromatic carbocycles. The molecule has 3 aromatic rings. The van der Waals surface area contributed by atoms with Gasteiger partial charge in [0.2, 0.25) is 0 Å². The quantitative estimate of drug-likeness (QED) is 0.567. The van der Waals surface area contributed by atoms with Gasteiger partial charge >= 0.3 is 0 Å². The highest BCUT2D eigenvalue weighted by Crippen LogP contribution is 2.28. The number of fused-ring (bicyclic) bond motifs is 1. The number of piperazine rings is 1. The molecule has 0 bridgehead atoms. The minimum absolute atomic E-state index is 0.0905. The minimum atomic E-state index is -0.195. The van der Waals surface area contributed by atoms with E-state index < -0.39 is 0 Å². The van der Waals surface area contributed by atoms with Gasteiger partial charge in [-0.1, -0.05) is 46.6 Å². The van der Waals surface area contributed by atoms with Crippen LogP contribution in [0.4, 0.5) is 0 Å². The highest BCUT2D eigenvalue weighted by atomic mass is 35.5. The number of halogens is 2. The molecule has 170 valence electrons.